The van der Waals surface area contributed by atoms with E-state index in [9.17, 15) is 13.6 Å². The van der Waals surface area contributed by atoms with Gasteiger partial charge in [0.15, 0.2) is 0 Å². The minimum atomic E-state index is -2.68. The van der Waals surface area contributed by atoms with Crippen LogP contribution in [0.3, 0.4) is 0 Å². The summed E-state index contributed by atoms with van der Waals surface area (Å²) in [5, 5.41) is 0. The SMILES string of the molecule is C#Cc1cc(C)c(N(c2ccc(OC)cc2)S(=O)[O-])c(C(=O)OC)c1. The maximum absolute atomic E-state index is 12.2. The molecule has 0 aromatic heterocycles. The van der Waals surface area contributed by atoms with Gasteiger partial charge in [0.2, 0.25) is 0 Å². The predicted octanol–water partition coefficient (Wildman–Crippen LogP) is 2.70. The lowest BCUT2D eigenvalue weighted by Gasteiger charge is -2.29. The molecule has 0 aliphatic carbocycles. The van der Waals surface area contributed by atoms with Crippen LogP contribution >= 0.6 is 0 Å². The first-order chi connectivity index (χ1) is 11.9. The molecule has 2 aromatic rings. The monoisotopic (exact) mass is 358 g/mol. The topological polar surface area (TPSA) is 78.9 Å². The quantitative estimate of drug-likeness (QED) is 0.466. The maximum Gasteiger partial charge on any atom is 0.340 e. The smallest absolute Gasteiger partial charge is 0.340 e. The van der Waals surface area contributed by atoms with Gasteiger partial charge in [0.05, 0.1) is 42.4 Å². The number of methoxy groups -OCH3 is 2. The molecule has 2 aromatic carbocycles. The van der Waals surface area contributed by atoms with E-state index in [4.69, 9.17) is 15.9 Å². The molecule has 0 aliphatic heterocycles. The van der Waals surface area contributed by atoms with Crippen LogP contribution in [0.15, 0.2) is 36.4 Å². The van der Waals surface area contributed by atoms with Crippen molar-refractivity contribution >= 4 is 28.6 Å². The number of ether oxygens (including phenoxy) is 2. The van der Waals surface area contributed by atoms with Gasteiger partial charge in [0.25, 0.3) is 0 Å². The van der Waals surface area contributed by atoms with Crippen LogP contribution in [0.5, 0.6) is 5.75 Å². The predicted molar refractivity (Wildman–Crippen MR) is 94.5 cm³/mol. The number of nitrogens with zero attached hydrogens (tertiary/aromatic N) is 1. The first-order valence-corrected chi connectivity index (χ1v) is 8.19. The fourth-order valence-corrected chi connectivity index (χ4v) is 3.09. The van der Waals surface area contributed by atoms with Gasteiger partial charge in [-0.25, -0.2) is 4.79 Å². The van der Waals surface area contributed by atoms with Crippen LogP contribution in [0.1, 0.15) is 21.5 Å². The Hall–Kier alpha value is -2.82. The molecular formula is C18H16NO5S-. The van der Waals surface area contributed by atoms with Crippen molar-refractivity contribution in [3.63, 3.8) is 0 Å². The second kappa shape index (κ2) is 7.83. The van der Waals surface area contributed by atoms with Crippen molar-refractivity contribution in [2.45, 2.75) is 6.92 Å². The van der Waals surface area contributed by atoms with Crippen molar-refractivity contribution in [2.75, 3.05) is 18.5 Å². The van der Waals surface area contributed by atoms with Crippen LogP contribution < -0.4 is 9.04 Å². The molecule has 1 unspecified atom stereocenters. The number of benzene rings is 2. The molecule has 0 amide bonds. The van der Waals surface area contributed by atoms with E-state index in [2.05, 4.69) is 5.92 Å². The Balaban J connectivity index is 2.71. The average Bonchev–Trinajstić information content (AvgIpc) is 2.62. The lowest BCUT2D eigenvalue weighted by atomic mass is 10.0. The van der Waals surface area contributed by atoms with Crippen LogP contribution in [0.4, 0.5) is 11.4 Å². The van der Waals surface area contributed by atoms with E-state index in [0.29, 0.717) is 22.6 Å². The zero-order chi connectivity index (χ0) is 18.6. The highest BCUT2D eigenvalue weighted by Crippen LogP contribution is 2.35. The Morgan fingerprint density at radius 2 is 1.88 bits per heavy atom. The summed E-state index contributed by atoms with van der Waals surface area (Å²) >= 11 is -2.68. The lowest BCUT2D eigenvalue weighted by Crippen LogP contribution is -2.23. The van der Waals surface area contributed by atoms with E-state index in [1.165, 1.54) is 20.3 Å². The number of terminal acetylenes is 1. The number of hydrogen-bond acceptors (Lipinski definition) is 5. The van der Waals surface area contributed by atoms with E-state index in [1.54, 1.807) is 37.3 Å². The maximum atomic E-state index is 12.2. The molecule has 0 spiro atoms. The molecule has 0 radical (unpaired) electrons. The highest BCUT2D eigenvalue weighted by Gasteiger charge is 2.22. The summed E-state index contributed by atoms with van der Waals surface area (Å²) in [5.74, 6) is 2.34. The van der Waals surface area contributed by atoms with Crippen LogP contribution in [0.2, 0.25) is 0 Å². The van der Waals surface area contributed by atoms with Crippen molar-refractivity contribution in [1.29, 1.82) is 0 Å². The zero-order valence-electron chi connectivity index (χ0n) is 13.9. The normalized spacial score (nSPS) is 11.3. The molecule has 0 saturated carbocycles. The Kier molecular flexibility index (Phi) is 5.80. The molecule has 1 atom stereocenters. The summed E-state index contributed by atoms with van der Waals surface area (Å²) in [6.45, 7) is 1.67. The molecule has 0 bridgehead atoms. The minimum Gasteiger partial charge on any atom is -0.755 e. The number of aryl methyl sites for hydroxylation is 1. The second-order valence-electron chi connectivity index (χ2n) is 5.03. The molecule has 0 aliphatic rings. The van der Waals surface area contributed by atoms with E-state index in [1.807, 2.05) is 0 Å². The first-order valence-electron chi connectivity index (χ1n) is 7.16. The Morgan fingerprint density at radius 3 is 2.36 bits per heavy atom. The number of anilines is 2. The Bertz CT molecular complexity index is 855. The second-order valence-corrected chi connectivity index (χ2v) is 5.83. The Morgan fingerprint density at radius 1 is 1.24 bits per heavy atom. The molecule has 2 rings (SSSR count). The molecule has 7 heteroatoms. The van der Waals surface area contributed by atoms with Crippen molar-refractivity contribution in [3.8, 4) is 18.1 Å². The third-order valence-corrected chi connectivity index (χ3v) is 4.22. The van der Waals surface area contributed by atoms with Gasteiger partial charge in [0.1, 0.15) is 5.75 Å². The van der Waals surface area contributed by atoms with Gasteiger partial charge in [-0.15, -0.1) is 6.42 Å². The van der Waals surface area contributed by atoms with Crippen molar-refractivity contribution < 1.29 is 23.0 Å². The van der Waals surface area contributed by atoms with Crippen LogP contribution in [-0.2, 0) is 16.0 Å². The van der Waals surface area contributed by atoms with E-state index < -0.39 is 17.2 Å². The fourth-order valence-electron chi connectivity index (χ4n) is 2.41. The molecule has 0 N–H and O–H groups in total. The summed E-state index contributed by atoms with van der Waals surface area (Å²) in [4.78, 5) is 12.2. The van der Waals surface area contributed by atoms with E-state index >= 15 is 0 Å². The summed E-state index contributed by atoms with van der Waals surface area (Å²) in [7, 11) is 2.73. The van der Waals surface area contributed by atoms with Crippen molar-refractivity contribution in [3.05, 3.63) is 53.1 Å². The largest absolute Gasteiger partial charge is 0.755 e. The lowest BCUT2D eigenvalue weighted by molar-refractivity contribution is 0.0601. The van der Waals surface area contributed by atoms with Gasteiger partial charge >= 0.3 is 5.97 Å². The molecular weight excluding hydrogens is 342 g/mol. The highest BCUT2D eigenvalue weighted by atomic mass is 32.2. The summed E-state index contributed by atoms with van der Waals surface area (Å²) < 4.78 is 34.7. The minimum absolute atomic E-state index is 0.0652. The third kappa shape index (κ3) is 3.82. The van der Waals surface area contributed by atoms with Gasteiger partial charge in [-0.2, -0.15) is 0 Å². The van der Waals surface area contributed by atoms with Crippen LogP contribution in [-0.4, -0.2) is 29.0 Å². The number of esters is 1. The fraction of sp³-hybridized carbons (Fsp3) is 0.167. The summed E-state index contributed by atoms with van der Waals surface area (Å²) in [6, 6.07) is 9.45. The average molecular weight is 358 g/mol. The molecule has 0 saturated heterocycles. The number of rotatable bonds is 5. The van der Waals surface area contributed by atoms with Crippen LogP contribution in [0, 0.1) is 19.3 Å². The van der Waals surface area contributed by atoms with Gasteiger partial charge in [-0.3, -0.25) is 8.51 Å². The Labute approximate surface area is 148 Å². The zero-order valence-corrected chi connectivity index (χ0v) is 14.8. The number of carbonyl (C=O) groups excluding carboxylic acids is 1. The van der Waals surface area contributed by atoms with Gasteiger partial charge in [-0.1, -0.05) is 5.92 Å². The number of hydrogen-bond donors (Lipinski definition) is 0. The standard InChI is InChI=1S/C18H17NO5S/c1-5-13-10-12(2)17(16(11-13)18(20)24-4)19(25(21)22)14-6-8-15(23-3)9-7-14/h1,6-11H,2-4H3,(H,21,22)/p-1. The summed E-state index contributed by atoms with van der Waals surface area (Å²) in [6.07, 6.45) is 5.41. The summed E-state index contributed by atoms with van der Waals surface area (Å²) in [5.41, 5.74) is 1.57. The van der Waals surface area contributed by atoms with E-state index in [0.717, 1.165) is 4.31 Å². The third-order valence-electron chi connectivity index (χ3n) is 3.53. The van der Waals surface area contributed by atoms with E-state index in [-0.39, 0.29) is 11.3 Å². The number of carbonyl (C=O) groups is 1. The van der Waals surface area contributed by atoms with Crippen LogP contribution in [0.25, 0.3) is 0 Å². The molecule has 6 nitrogen and oxygen atoms in total. The molecule has 0 fully saturated rings. The molecule has 130 valence electrons. The highest BCUT2D eigenvalue weighted by molar-refractivity contribution is 7.81. The van der Waals surface area contributed by atoms with Crippen molar-refractivity contribution in [1.82, 2.24) is 0 Å². The molecule has 25 heavy (non-hydrogen) atoms. The van der Waals surface area contributed by atoms with Gasteiger partial charge in [-0.05, 0) is 48.9 Å². The van der Waals surface area contributed by atoms with Crippen molar-refractivity contribution in [2.24, 2.45) is 0 Å². The molecule has 0 heterocycles. The first kappa shape index (κ1) is 18.5. The van der Waals surface area contributed by atoms with Gasteiger partial charge < -0.3 is 14.0 Å². The van der Waals surface area contributed by atoms with Gasteiger partial charge in [0, 0.05) is 5.56 Å².